The summed E-state index contributed by atoms with van der Waals surface area (Å²) in [5.41, 5.74) is 0.473. The maximum atomic E-state index is 11.7. The van der Waals surface area contributed by atoms with Gasteiger partial charge in [-0.2, -0.15) is 10.5 Å². The van der Waals surface area contributed by atoms with Gasteiger partial charge in [-0.3, -0.25) is 9.36 Å². The lowest BCUT2D eigenvalue weighted by molar-refractivity contribution is 0.672. The summed E-state index contributed by atoms with van der Waals surface area (Å²) in [6.07, 6.45) is 0. The molecule has 0 bridgehead atoms. The van der Waals surface area contributed by atoms with Crippen LogP contribution in [0.15, 0.2) is 16.9 Å². The lowest BCUT2D eigenvalue weighted by atomic mass is 10.1. The van der Waals surface area contributed by atoms with Crippen molar-refractivity contribution in [1.29, 1.82) is 10.5 Å². The third-order valence-electron chi connectivity index (χ3n) is 2.15. The third kappa shape index (κ3) is 2.05. The molecule has 1 heterocycles. The summed E-state index contributed by atoms with van der Waals surface area (Å²) in [4.78, 5) is 11.7. The fraction of sp³-hybridized carbons (Fsp3) is 0.364. The minimum absolute atomic E-state index is 0.0120. The highest BCUT2D eigenvalue weighted by Crippen LogP contribution is 2.12. The highest BCUT2D eigenvalue weighted by atomic mass is 16.1. The molecule has 0 radical (unpaired) electrons. The molecule has 0 spiro atoms. The second kappa shape index (κ2) is 4.43. The molecular weight excluding hydrogens is 190 g/mol. The largest absolute Gasteiger partial charge is 0.297 e. The molecule has 0 aliphatic heterocycles. The Morgan fingerprint density at radius 2 is 2.07 bits per heavy atom. The van der Waals surface area contributed by atoms with Crippen molar-refractivity contribution in [2.45, 2.75) is 26.3 Å². The molecule has 0 atom stereocenters. The highest BCUT2D eigenvalue weighted by molar-refractivity contribution is 5.28. The van der Waals surface area contributed by atoms with Crippen molar-refractivity contribution >= 4 is 0 Å². The molecule has 0 N–H and O–H groups in total. The van der Waals surface area contributed by atoms with Crippen LogP contribution in [-0.4, -0.2) is 4.57 Å². The van der Waals surface area contributed by atoms with Gasteiger partial charge in [0, 0.05) is 5.69 Å². The Hall–Kier alpha value is -2.07. The van der Waals surface area contributed by atoms with Crippen molar-refractivity contribution in [3.05, 3.63) is 33.7 Å². The van der Waals surface area contributed by atoms with Crippen LogP contribution in [0, 0.1) is 22.7 Å². The molecular formula is C11H11N3O. The van der Waals surface area contributed by atoms with Gasteiger partial charge in [0.2, 0.25) is 0 Å². The molecule has 76 valence electrons. The average molecular weight is 201 g/mol. The Kier molecular flexibility index (Phi) is 3.25. The van der Waals surface area contributed by atoms with Crippen molar-refractivity contribution in [1.82, 2.24) is 4.57 Å². The van der Waals surface area contributed by atoms with Gasteiger partial charge in [0.05, 0.1) is 6.07 Å². The number of rotatable bonds is 2. The summed E-state index contributed by atoms with van der Waals surface area (Å²) in [7, 11) is 0. The summed E-state index contributed by atoms with van der Waals surface area (Å²) in [6, 6.07) is 6.97. The first-order valence-electron chi connectivity index (χ1n) is 4.62. The average Bonchev–Trinajstić information content (AvgIpc) is 2.20. The zero-order chi connectivity index (χ0) is 11.4. The Morgan fingerprint density at radius 3 is 2.53 bits per heavy atom. The fourth-order valence-electron chi connectivity index (χ4n) is 1.42. The van der Waals surface area contributed by atoms with Gasteiger partial charge in [0.1, 0.15) is 18.2 Å². The van der Waals surface area contributed by atoms with Gasteiger partial charge in [-0.25, -0.2) is 0 Å². The van der Waals surface area contributed by atoms with Gasteiger partial charge in [0.25, 0.3) is 5.56 Å². The van der Waals surface area contributed by atoms with Gasteiger partial charge >= 0.3 is 0 Å². The molecule has 4 heteroatoms. The summed E-state index contributed by atoms with van der Waals surface area (Å²) < 4.78 is 1.35. The molecule has 0 aromatic carbocycles. The van der Waals surface area contributed by atoms with Crippen LogP contribution in [0.1, 0.15) is 31.0 Å². The Labute approximate surface area is 88.0 Å². The zero-order valence-electron chi connectivity index (χ0n) is 8.69. The molecule has 0 saturated carbocycles. The van der Waals surface area contributed by atoms with Crippen LogP contribution in [0.2, 0.25) is 0 Å². The summed E-state index contributed by atoms with van der Waals surface area (Å²) >= 11 is 0. The predicted octanol–water partition coefficient (Wildman–Crippen LogP) is 1.37. The van der Waals surface area contributed by atoms with Crippen molar-refractivity contribution in [3.8, 4) is 12.1 Å². The van der Waals surface area contributed by atoms with E-state index in [2.05, 4.69) is 0 Å². The quantitative estimate of drug-likeness (QED) is 0.725. The van der Waals surface area contributed by atoms with E-state index in [0.717, 1.165) is 5.69 Å². The molecule has 0 unspecified atom stereocenters. The van der Waals surface area contributed by atoms with Gasteiger partial charge in [-0.15, -0.1) is 0 Å². The number of nitriles is 2. The van der Waals surface area contributed by atoms with Crippen LogP contribution < -0.4 is 5.56 Å². The van der Waals surface area contributed by atoms with E-state index in [0.29, 0.717) is 0 Å². The number of nitrogens with zero attached hydrogens (tertiary/aromatic N) is 3. The zero-order valence-corrected chi connectivity index (χ0v) is 8.69. The molecule has 0 fully saturated rings. The third-order valence-corrected chi connectivity index (χ3v) is 2.15. The number of pyridine rings is 1. The smallest absolute Gasteiger partial charge is 0.269 e. The van der Waals surface area contributed by atoms with Gasteiger partial charge in [-0.1, -0.05) is 13.8 Å². The topological polar surface area (TPSA) is 69.6 Å². The van der Waals surface area contributed by atoms with Gasteiger partial charge < -0.3 is 0 Å². The summed E-state index contributed by atoms with van der Waals surface area (Å²) in [5, 5.41) is 17.3. The molecule has 0 amide bonds. The molecule has 4 nitrogen and oxygen atoms in total. The normalized spacial score (nSPS) is 9.67. The maximum Gasteiger partial charge on any atom is 0.269 e. The van der Waals surface area contributed by atoms with Crippen molar-refractivity contribution < 1.29 is 0 Å². The van der Waals surface area contributed by atoms with E-state index in [9.17, 15) is 4.79 Å². The van der Waals surface area contributed by atoms with Gasteiger partial charge in [0.15, 0.2) is 0 Å². The van der Waals surface area contributed by atoms with E-state index in [1.807, 2.05) is 26.0 Å². The van der Waals surface area contributed by atoms with E-state index in [1.165, 1.54) is 10.6 Å². The fourth-order valence-corrected chi connectivity index (χ4v) is 1.42. The Balaban J connectivity index is 3.48. The molecule has 1 aromatic rings. The van der Waals surface area contributed by atoms with Crippen LogP contribution in [0.3, 0.4) is 0 Å². The highest BCUT2D eigenvalue weighted by Gasteiger charge is 2.10. The van der Waals surface area contributed by atoms with E-state index in [4.69, 9.17) is 10.5 Å². The van der Waals surface area contributed by atoms with Gasteiger partial charge in [-0.05, 0) is 18.1 Å². The Morgan fingerprint density at radius 1 is 1.40 bits per heavy atom. The molecule has 1 rings (SSSR count). The minimum Gasteiger partial charge on any atom is -0.297 e. The number of hydrogen-bond acceptors (Lipinski definition) is 3. The van der Waals surface area contributed by atoms with Crippen LogP contribution in [-0.2, 0) is 6.54 Å². The van der Waals surface area contributed by atoms with E-state index in [1.54, 1.807) is 6.07 Å². The van der Waals surface area contributed by atoms with E-state index >= 15 is 0 Å². The first-order chi connectivity index (χ1) is 7.11. The molecule has 1 aromatic heterocycles. The summed E-state index contributed by atoms with van der Waals surface area (Å²) in [6.45, 7) is 3.87. The standard InChI is InChI=1S/C11H11N3O/c1-8(2)10-4-3-9(7-13)11(15)14(10)6-5-12/h3-4,8H,6H2,1-2H3. The predicted molar refractivity (Wildman–Crippen MR) is 55.1 cm³/mol. The first kappa shape index (κ1) is 11.0. The van der Waals surface area contributed by atoms with Crippen molar-refractivity contribution in [3.63, 3.8) is 0 Å². The number of aromatic nitrogens is 1. The Bertz CT molecular complexity index is 500. The van der Waals surface area contributed by atoms with Crippen LogP contribution in [0.4, 0.5) is 0 Å². The maximum absolute atomic E-state index is 11.7. The SMILES string of the molecule is CC(C)c1ccc(C#N)c(=O)n1CC#N. The molecule has 15 heavy (non-hydrogen) atoms. The van der Waals surface area contributed by atoms with Crippen LogP contribution in [0.5, 0.6) is 0 Å². The first-order valence-corrected chi connectivity index (χ1v) is 4.62. The monoisotopic (exact) mass is 201 g/mol. The lowest BCUT2D eigenvalue weighted by Crippen LogP contribution is -2.25. The van der Waals surface area contributed by atoms with E-state index < -0.39 is 0 Å². The van der Waals surface area contributed by atoms with E-state index in [-0.39, 0.29) is 23.6 Å². The second-order valence-electron chi connectivity index (χ2n) is 3.49. The molecule has 0 aliphatic rings. The van der Waals surface area contributed by atoms with Crippen molar-refractivity contribution in [2.24, 2.45) is 0 Å². The minimum atomic E-state index is -0.384. The second-order valence-corrected chi connectivity index (χ2v) is 3.49. The summed E-state index contributed by atoms with van der Waals surface area (Å²) in [5.74, 6) is 0.152. The lowest BCUT2D eigenvalue weighted by Gasteiger charge is -2.12. The number of hydrogen-bond donors (Lipinski definition) is 0. The van der Waals surface area contributed by atoms with Crippen LogP contribution >= 0.6 is 0 Å². The van der Waals surface area contributed by atoms with Crippen LogP contribution in [0.25, 0.3) is 0 Å². The molecule has 0 saturated heterocycles. The van der Waals surface area contributed by atoms with Crippen molar-refractivity contribution in [2.75, 3.05) is 0 Å². The molecule has 0 aliphatic carbocycles.